The van der Waals surface area contributed by atoms with Gasteiger partial charge in [0, 0.05) is 6.61 Å². The van der Waals surface area contributed by atoms with Crippen molar-refractivity contribution in [2.75, 3.05) is 6.61 Å². The van der Waals surface area contributed by atoms with E-state index >= 15 is 0 Å². The average Bonchev–Trinajstić information content (AvgIpc) is 2.92. The van der Waals surface area contributed by atoms with Crippen molar-refractivity contribution in [3.63, 3.8) is 0 Å². The lowest BCUT2D eigenvalue weighted by Crippen LogP contribution is -2.09. The van der Waals surface area contributed by atoms with E-state index in [4.69, 9.17) is 0 Å². The Morgan fingerprint density at radius 2 is 2.13 bits per heavy atom. The van der Waals surface area contributed by atoms with Crippen LogP contribution in [0.25, 0.3) is 0 Å². The van der Waals surface area contributed by atoms with Gasteiger partial charge in [0.15, 0.2) is 0 Å². The highest BCUT2D eigenvalue weighted by Crippen LogP contribution is 2.58. The number of aliphatic hydroxyl groups excluding tert-OH is 1. The van der Waals surface area contributed by atoms with Crippen molar-refractivity contribution in [2.45, 2.75) is 33.1 Å². The molecule has 1 N–H and O–H groups in total. The Hall–Kier alpha value is -0.820. The van der Waals surface area contributed by atoms with Crippen LogP contribution in [-0.4, -0.2) is 11.7 Å². The summed E-state index contributed by atoms with van der Waals surface area (Å²) in [5.41, 5.74) is 3.00. The van der Waals surface area contributed by atoms with Crippen LogP contribution in [0.1, 0.15) is 37.3 Å². The van der Waals surface area contributed by atoms with Crippen molar-refractivity contribution in [3.8, 4) is 0 Å². The maximum atomic E-state index is 9.30. The van der Waals surface area contributed by atoms with Crippen molar-refractivity contribution in [1.82, 2.24) is 0 Å². The molecule has 1 heteroatoms. The summed E-state index contributed by atoms with van der Waals surface area (Å²) in [7, 11) is 0. The minimum atomic E-state index is 0.182. The highest BCUT2D eigenvalue weighted by Gasteiger charge is 2.52. The van der Waals surface area contributed by atoms with Gasteiger partial charge in [-0.25, -0.2) is 0 Å². The Balaban J connectivity index is 2.17. The summed E-state index contributed by atoms with van der Waals surface area (Å²) in [6.07, 6.45) is 1.17. The summed E-state index contributed by atoms with van der Waals surface area (Å²) in [4.78, 5) is 0. The standard InChI is InChI=1S/C14H20O/c1-10-6-4-5-7-12(10)11(2)13-8-14(13,3)9-15/h4-7,11,13,15H,8-9H2,1-3H3/t11-,13-,14-/m0/s1. The lowest BCUT2D eigenvalue weighted by atomic mass is 9.89. The number of aliphatic hydroxyl groups is 1. The molecule has 0 aromatic heterocycles. The van der Waals surface area contributed by atoms with Crippen LogP contribution in [0.3, 0.4) is 0 Å². The van der Waals surface area contributed by atoms with Gasteiger partial charge in [0.1, 0.15) is 0 Å². The molecule has 0 aliphatic heterocycles. The third-order valence-electron chi connectivity index (χ3n) is 4.07. The average molecular weight is 204 g/mol. The number of hydrogen-bond acceptors (Lipinski definition) is 1. The van der Waals surface area contributed by atoms with Crippen molar-refractivity contribution in [3.05, 3.63) is 35.4 Å². The van der Waals surface area contributed by atoms with Crippen LogP contribution >= 0.6 is 0 Å². The topological polar surface area (TPSA) is 20.2 Å². The lowest BCUT2D eigenvalue weighted by Gasteiger charge is -2.17. The van der Waals surface area contributed by atoms with Gasteiger partial charge in [0.05, 0.1) is 0 Å². The first-order valence-corrected chi connectivity index (χ1v) is 5.75. The first-order chi connectivity index (χ1) is 7.08. The highest BCUT2D eigenvalue weighted by atomic mass is 16.3. The van der Waals surface area contributed by atoms with E-state index in [9.17, 15) is 5.11 Å². The van der Waals surface area contributed by atoms with Crippen LogP contribution in [0.4, 0.5) is 0 Å². The SMILES string of the molecule is Cc1ccccc1[C@H](C)[C@@H]1C[C@@]1(C)CO. The molecule has 1 nitrogen and oxygen atoms in total. The maximum absolute atomic E-state index is 9.30. The zero-order chi connectivity index (χ0) is 11.1. The number of benzene rings is 1. The summed E-state index contributed by atoms with van der Waals surface area (Å²) < 4.78 is 0. The fourth-order valence-corrected chi connectivity index (χ4v) is 2.72. The van der Waals surface area contributed by atoms with E-state index in [1.54, 1.807) is 0 Å². The second-order valence-electron chi connectivity index (χ2n) is 5.27. The van der Waals surface area contributed by atoms with E-state index in [0.717, 1.165) is 0 Å². The van der Waals surface area contributed by atoms with E-state index < -0.39 is 0 Å². The molecule has 2 rings (SSSR count). The molecule has 1 aliphatic carbocycles. The largest absolute Gasteiger partial charge is 0.396 e. The van der Waals surface area contributed by atoms with E-state index in [1.165, 1.54) is 17.5 Å². The Morgan fingerprint density at radius 3 is 2.67 bits per heavy atom. The Morgan fingerprint density at radius 1 is 1.47 bits per heavy atom. The van der Waals surface area contributed by atoms with Gasteiger partial charge < -0.3 is 5.11 Å². The molecule has 0 heterocycles. The molecule has 1 saturated carbocycles. The summed E-state index contributed by atoms with van der Waals surface area (Å²) in [6, 6.07) is 8.59. The van der Waals surface area contributed by atoms with Crippen molar-refractivity contribution >= 4 is 0 Å². The Labute approximate surface area is 92.1 Å². The molecule has 1 aromatic rings. The van der Waals surface area contributed by atoms with Gasteiger partial charge in [0.2, 0.25) is 0 Å². The molecule has 0 spiro atoms. The second-order valence-corrected chi connectivity index (χ2v) is 5.27. The maximum Gasteiger partial charge on any atom is 0.0487 e. The summed E-state index contributed by atoms with van der Waals surface area (Å²) in [5, 5.41) is 9.30. The van der Waals surface area contributed by atoms with Crippen molar-refractivity contribution in [1.29, 1.82) is 0 Å². The van der Waals surface area contributed by atoms with Gasteiger partial charge in [-0.05, 0) is 41.7 Å². The van der Waals surface area contributed by atoms with Crippen LogP contribution in [0, 0.1) is 18.3 Å². The molecule has 1 aliphatic rings. The van der Waals surface area contributed by atoms with Gasteiger partial charge in [-0.3, -0.25) is 0 Å². The highest BCUT2D eigenvalue weighted by molar-refractivity contribution is 5.31. The second kappa shape index (κ2) is 3.64. The predicted molar refractivity (Wildman–Crippen MR) is 62.9 cm³/mol. The molecule has 0 bridgehead atoms. The molecule has 0 saturated heterocycles. The molecule has 15 heavy (non-hydrogen) atoms. The van der Waals surface area contributed by atoms with Crippen molar-refractivity contribution in [2.24, 2.45) is 11.3 Å². The predicted octanol–water partition coefficient (Wildman–Crippen LogP) is 3.12. The van der Waals surface area contributed by atoms with Gasteiger partial charge in [-0.1, -0.05) is 38.1 Å². The first kappa shape index (κ1) is 10.7. The third-order valence-corrected chi connectivity index (χ3v) is 4.07. The summed E-state index contributed by atoms with van der Waals surface area (Å²) in [6.45, 7) is 6.97. The third kappa shape index (κ3) is 1.81. The van der Waals surface area contributed by atoms with Gasteiger partial charge in [-0.15, -0.1) is 0 Å². The number of rotatable bonds is 3. The van der Waals surface area contributed by atoms with Gasteiger partial charge in [-0.2, -0.15) is 0 Å². The molecule has 0 radical (unpaired) electrons. The van der Waals surface area contributed by atoms with Crippen LogP contribution in [-0.2, 0) is 0 Å². The van der Waals surface area contributed by atoms with Crippen LogP contribution < -0.4 is 0 Å². The first-order valence-electron chi connectivity index (χ1n) is 5.75. The molecular formula is C14H20O. The zero-order valence-electron chi connectivity index (χ0n) is 9.83. The van der Waals surface area contributed by atoms with E-state index in [1.807, 2.05) is 0 Å². The zero-order valence-corrected chi connectivity index (χ0v) is 9.83. The van der Waals surface area contributed by atoms with E-state index in [2.05, 4.69) is 45.0 Å². The van der Waals surface area contributed by atoms with Crippen molar-refractivity contribution < 1.29 is 5.11 Å². The molecule has 0 unspecified atom stereocenters. The Bertz CT molecular complexity index is 358. The monoisotopic (exact) mass is 204 g/mol. The minimum Gasteiger partial charge on any atom is -0.396 e. The van der Waals surface area contributed by atoms with Gasteiger partial charge >= 0.3 is 0 Å². The van der Waals surface area contributed by atoms with Crippen LogP contribution in [0.2, 0.25) is 0 Å². The molecule has 0 amide bonds. The van der Waals surface area contributed by atoms with Crippen LogP contribution in [0.15, 0.2) is 24.3 Å². The number of hydrogen-bond donors (Lipinski definition) is 1. The molecule has 3 atom stereocenters. The summed E-state index contributed by atoms with van der Waals surface area (Å²) in [5.74, 6) is 1.23. The minimum absolute atomic E-state index is 0.182. The smallest absolute Gasteiger partial charge is 0.0487 e. The van der Waals surface area contributed by atoms with Gasteiger partial charge in [0.25, 0.3) is 0 Å². The summed E-state index contributed by atoms with van der Waals surface area (Å²) >= 11 is 0. The quantitative estimate of drug-likeness (QED) is 0.802. The normalized spacial score (nSPS) is 31.3. The fraction of sp³-hybridized carbons (Fsp3) is 0.571. The fourth-order valence-electron chi connectivity index (χ4n) is 2.72. The van der Waals surface area contributed by atoms with E-state index in [0.29, 0.717) is 18.4 Å². The number of aryl methyl sites for hydroxylation is 1. The lowest BCUT2D eigenvalue weighted by molar-refractivity contribution is 0.207. The molecule has 1 aromatic carbocycles. The van der Waals surface area contributed by atoms with E-state index in [-0.39, 0.29) is 5.41 Å². The molecule has 1 fully saturated rings. The van der Waals surface area contributed by atoms with Crippen LogP contribution in [0.5, 0.6) is 0 Å². The Kier molecular flexibility index (Phi) is 2.59. The molecule has 82 valence electrons. The molecular weight excluding hydrogens is 184 g/mol.